The third-order valence-electron chi connectivity index (χ3n) is 5.95. The molecule has 0 atom stereocenters. The van der Waals surface area contributed by atoms with E-state index >= 15 is 0 Å². The van der Waals surface area contributed by atoms with Gasteiger partial charge in [-0.25, -0.2) is 14.8 Å². The normalized spacial score (nSPS) is 13.2. The Kier molecular flexibility index (Phi) is 8.11. The Balaban J connectivity index is 1.53. The van der Waals surface area contributed by atoms with Crippen LogP contribution in [0.15, 0.2) is 51.5 Å². The number of halogens is 1. The van der Waals surface area contributed by atoms with Gasteiger partial charge in [-0.2, -0.15) is 5.26 Å². The number of morpholine rings is 1. The van der Waals surface area contributed by atoms with Crippen LogP contribution in [0.4, 0.5) is 5.69 Å². The Bertz CT molecular complexity index is 1520. The van der Waals surface area contributed by atoms with Gasteiger partial charge in [0.05, 0.1) is 36.0 Å². The summed E-state index contributed by atoms with van der Waals surface area (Å²) in [5.74, 6) is -0.521. The summed E-state index contributed by atoms with van der Waals surface area (Å²) in [6, 6.07) is 13.4. The highest BCUT2D eigenvalue weighted by atomic mass is 79.9. The molecule has 5 rings (SSSR count). The summed E-state index contributed by atoms with van der Waals surface area (Å²) in [7, 11) is 0. The van der Waals surface area contributed by atoms with Crippen molar-refractivity contribution < 1.29 is 28.5 Å². The molecule has 0 radical (unpaired) electrons. The maximum atomic E-state index is 11.4. The summed E-state index contributed by atoms with van der Waals surface area (Å²) in [5.41, 5.74) is 2.99. The van der Waals surface area contributed by atoms with Crippen molar-refractivity contribution in [2.75, 3.05) is 37.8 Å². The van der Waals surface area contributed by atoms with Gasteiger partial charge >= 0.3 is 11.9 Å². The number of thiophene rings is 1. The standard InChI is InChI=1S/C27H23BrN4O6S/c1-2-36-24-14-30-25(38-24)18-11-21(16-3-5-17(6-4-16)32-7-9-35-10-8-32)31-26(19(18)13-29)37-15-23-20(28)12-22(39-23)27(33)34/h3-6,11-12,14H,2,7-10,15H2,1H3,(H,33,34). The number of aromatic nitrogens is 2. The molecule has 39 heavy (non-hydrogen) atoms. The molecule has 4 heterocycles. The zero-order valence-corrected chi connectivity index (χ0v) is 23.3. The minimum atomic E-state index is -1.03. The van der Waals surface area contributed by atoms with Gasteiger partial charge in [0.2, 0.25) is 11.8 Å². The largest absolute Gasteiger partial charge is 0.477 e. The molecular weight excluding hydrogens is 588 g/mol. The van der Waals surface area contributed by atoms with Crippen LogP contribution in [0.5, 0.6) is 11.8 Å². The Morgan fingerprint density at radius 3 is 2.67 bits per heavy atom. The highest BCUT2D eigenvalue weighted by Crippen LogP contribution is 2.36. The molecule has 1 aliphatic heterocycles. The molecule has 0 amide bonds. The van der Waals surface area contributed by atoms with Crippen molar-refractivity contribution >= 4 is 38.9 Å². The van der Waals surface area contributed by atoms with Gasteiger partial charge in [-0.15, -0.1) is 11.3 Å². The number of benzene rings is 1. The minimum Gasteiger partial charge on any atom is -0.477 e. The molecule has 1 fully saturated rings. The Morgan fingerprint density at radius 1 is 1.23 bits per heavy atom. The summed E-state index contributed by atoms with van der Waals surface area (Å²) in [5, 5.41) is 19.4. The fourth-order valence-electron chi connectivity index (χ4n) is 4.05. The van der Waals surface area contributed by atoms with Crippen LogP contribution in [0, 0.1) is 11.3 Å². The predicted octanol–water partition coefficient (Wildman–Crippen LogP) is 5.61. The number of carboxylic acid groups (broad SMARTS) is 1. The Morgan fingerprint density at radius 2 is 2.00 bits per heavy atom. The Labute approximate surface area is 236 Å². The number of anilines is 1. The lowest BCUT2D eigenvalue weighted by molar-refractivity contribution is 0.0702. The van der Waals surface area contributed by atoms with Crippen molar-refractivity contribution in [1.82, 2.24) is 9.97 Å². The molecule has 0 unspecified atom stereocenters. The number of nitrogens with zero attached hydrogens (tertiary/aromatic N) is 4. The van der Waals surface area contributed by atoms with E-state index in [0.717, 1.165) is 35.7 Å². The number of ether oxygens (including phenoxy) is 3. The Hall–Kier alpha value is -3.92. The number of carboxylic acids is 1. The lowest BCUT2D eigenvalue weighted by Crippen LogP contribution is -2.36. The second-order valence-electron chi connectivity index (χ2n) is 8.39. The first-order valence-corrected chi connectivity index (χ1v) is 13.7. The van der Waals surface area contributed by atoms with Crippen molar-refractivity contribution in [2.24, 2.45) is 0 Å². The molecule has 10 nitrogen and oxygen atoms in total. The number of hydrogen-bond acceptors (Lipinski definition) is 10. The molecule has 1 saturated heterocycles. The molecule has 0 bridgehead atoms. The lowest BCUT2D eigenvalue weighted by atomic mass is 10.0. The van der Waals surface area contributed by atoms with Gasteiger partial charge in [-0.1, -0.05) is 12.1 Å². The van der Waals surface area contributed by atoms with Crippen LogP contribution < -0.4 is 14.4 Å². The molecule has 3 aromatic heterocycles. The van der Waals surface area contributed by atoms with Crippen LogP contribution in [0.25, 0.3) is 22.7 Å². The van der Waals surface area contributed by atoms with Crippen molar-refractivity contribution in [3.63, 3.8) is 0 Å². The average Bonchev–Trinajstić information content (AvgIpc) is 3.58. The van der Waals surface area contributed by atoms with Gasteiger partial charge in [-0.05, 0) is 47.1 Å². The van der Waals surface area contributed by atoms with Gasteiger partial charge in [0.1, 0.15) is 29.3 Å². The SMILES string of the molecule is CCOc1cnc(-c2cc(-c3ccc(N4CCOCC4)cc3)nc(OCc3sc(C(=O)O)cc3Br)c2C#N)o1. The van der Waals surface area contributed by atoms with E-state index in [1.54, 1.807) is 6.07 Å². The van der Waals surface area contributed by atoms with E-state index in [9.17, 15) is 15.2 Å². The van der Waals surface area contributed by atoms with Crippen molar-refractivity contribution in [3.8, 4) is 40.6 Å². The molecule has 200 valence electrons. The zero-order valence-electron chi connectivity index (χ0n) is 20.8. The molecule has 1 aliphatic rings. The molecule has 0 spiro atoms. The quantitative estimate of drug-likeness (QED) is 0.255. The van der Waals surface area contributed by atoms with Gasteiger partial charge in [0.25, 0.3) is 0 Å². The van der Waals surface area contributed by atoms with E-state index in [-0.39, 0.29) is 34.8 Å². The fraction of sp³-hybridized carbons (Fsp3) is 0.259. The summed E-state index contributed by atoms with van der Waals surface area (Å²) >= 11 is 4.47. The van der Waals surface area contributed by atoms with Crippen molar-refractivity contribution in [3.05, 3.63) is 62.4 Å². The van der Waals surface area contributed by atoms with Crippen LogP contribution in [-0.4, -0.2) is 54.0 Å². The smallest absolute Gasteiger partial charge is 0.345 e. The number of nitriles is 1. The second kappa shape index (κ2) is 11.9. The van der Waals surface area contributed by atoms with Gasteiger partial charge in [0, 0.05) is 28.8 Å². The van der Waals surface area contributed by atoms with Gasteiger partial charge < -0.3 is 28.6 Å². The average molecular weight is 611 g/mol. The molecule has 1 N–H and O–H groups in total. The molecule has 4 aromatic rings. The van der Waals surface area contributed by atoms with E-state index < -0.39 is 5.97 Å². The van der Waals surface area contributed by atoms with E-state index in [4.69, 9.17) is 18.6 Å². The molecular formula is C27H23BrN4O6S. The van der Waals surface area contributed by atoms with Crippen LogP contribution in [-0.2, 0) is 11.3 Å². The second-order valence-corrected chi connectivity index (χ2v) is 10.4. The number of pyridine rings is 1. The van der Waals surface area contributed by atoms with E-state index in [1.165, 1.54) is 12.3 Å². The summed E-state index contributed by atoms with van der Waals surface area (Å²) in [6.45, 7) is 5.27. The first kappa shape index (κ1) is 26.7. The van der Waals surface area contributed by atoms with Crippen LogP contribution in [0.3, 0.4) is 0 Å². The number of hydrogen-bond donors (Lipinski definition) is 1. The first-order chi connectivity index (χ1) is 19.0. The summed E-state index contributed by atoms with van der Waals surface area (Å²) in [4.78, 5) is 23.4. The molecule has 0 aliphatic carbocycles. The van der Waals surface area contributed by atoms with E-state index in [2.05, 4.69) is 36.9 Å². The van der Waals surface area contributed by atoms with Crippen LogP contribution in [0.1, 0.15) is 27.0 Å². The van der Waals surface area contributed by atoms with E-state index in [0.29, 0.717) is 40.4 Å². The molecule has 0 saturated carbocycles. The number of carbonyl (C=O) groups is 1. The zero-order chi connectivity index (χ0) is 27.4. The monoisotopic (exact) mass is 610 g/mol. The predicted molar refractivity (Wildman–Crippen MR) is 147 cm³/mol. The van der Waals surface area contributed by atoms with Crippen molar-refractivity contribution in [2.45, 2.75) is 13.5 Å². The van der Waals surface area contributed by atoms with Crippen molar-refractivity contribution in [1.29, 1.82) is 5.26 Å². The highest BCUT2D eigenvalue weighted by Gasteiger charge is 2.22. The maximum Gasteiger partial charge on any atom is 0.345 e. The minimum absolute atomic E-state index is 0.00878. The van der Waals surface area contributed by atoms with Gasteiger partial charge in [0.15, 0.2) is 0 Å². The van der Waals surface area contributed by atoms with Crippen LogP contribution >= 0.6 is 27.3 Å². The highest BCUT2D eigenvalue weighted by molar-refractivity contribution is 9.10. The lowest BCUT2D eigenvalue weighted by Gasteiger charge is -2.28. The van der Waals surface area contributed by atoms with Gasteiger partial charge in [-0.3, -0.25) is 0 Å². The first-order valence-electron chi connectivity index (χ1n) is 12.1. The van der Waals surface area contributed by atoms with E-state index in [1.807, 2.05) is 31.2 Å². The summed E-state index contributed by atoms with van der Waals surface area (Å²) < 4.78 is 23.2. The topological polar surface area (TPSA) is 131 Å². The van der Waals surface area contributed by atoms with Crippen LogP contribution in [0.2, 0.25) is 0 Å². The number of rotatable bonds is 9. The fourth-order valence-corrected chi connectivity index (χ4v) is 5.59. The number of oxazole rings is 1. The molecule has 12 heteroatoms. The number of aromatic carboxylic acids is 1. The maximum absolute atomic E-state index is 11.4. The third kappa shape index (κ3) is 5.90. The summed E-state index contributed by atoms with van der Waals surface area (Å²) in [6.07, 6.45) is 1.45. The third-order valence-corrected chi connectivity index (χ3v) is 8.01. The molecule has 1 aromatic carbocycles.